The second-order valence-electron chi connectivity index (χ2n) is 5.72. The van der Waals surface area contributed by atoms with Gasteiger partial charge in [-0.2, -0.15) is 10.2 Å². The summed E-state index contributed by atoms with van der Waals surface area (Å²) in [7, 11) is 0. The third-order valence-corrected chi connectivity index (χ3v) is 4.15. The molecule has 0 aliphatic rings. The van der Waals surface area contributed by atoms with Crippen LogP contribution in [-0.4, -0.2) is 35.9 Å². The Morgan fingerprint density at radius 3 is 2.78 bits per heavy atom. The van der Waals surface area contributed by atoms with Crippen LogP contribution in [0.2, 0.25) is 5.02 Å². The number of aromatic nitrogens is 6. The minimum Gasteiger partial charge on any atom is -0.311 e. The molecular formula is C18H14ClN7O. The highest BCUT2D eigenvalue weighted by Crippen LogP contribution is 2.34. The summed E-state index contributed by atoms with van der Waals surface area (Å²) in [5.74, 6) is 0.701. The number of nitrogens with one attached hydrogen (secondary N) is 2. The summed E-state index contributed by atoms with van der Waals surface area (Å²) in [4.78, 5) is 19.6. The number of pyridine rings is 1. The third kappa shape index (κ3) is 3.42. The van der Waals surface area contributed by atoms with Crippen LogP contribution in [0.15, 0.2) is 55.1 Å². The zero-order chi connectivity index (χ0) is 18.8. The Kier molecular flexibility index (Phi) is 4.39. The van der Waals surface area contributed by atoms with Crippen molar-refractivity contribution in [3.8, 4) is 28.3 Å². The van der Waals surface area contributed by atoms with Gasteiger partial charge in [0.25, 0.3) is 0 Å². The van der Waals surface area contributed by atoms with Gasteiger partial charge in [-0.15, -0.1) is 0 Å². The molecule has 0 unspecified atom stereocenters. The SMILES string of the molecule is CC(=O)Nc1cc(-n2cc(-c3ccccc3Cl)c(-c3nc[nH]n3)n2)ccn1. The lowest BCUT2D eigenvalue weighted by Crippen LogP contribution is -2.08. The lowest BCUT2D eigenvalue weighted by atomic mass is 10.1. The Bertz CT molecular complexity index is 1100. The summed E-state index contributed by atoms with van der Waals surface area (Å²) >= 11 is 6.39. The number of hydrogen-bond donors (Lipinski definition) is 2. The van der Waals surface area contributed by atoms with Gasteiger partial charge < -0.3 is 5.32 Å². The van der Waals surface area contributed by atoms with Crippen LogP contribution in [0.3, 0.4) is 0 Å². The molecule has 9 heteroatoms. The Morgan fingerprint density at radius 2 is 2.04 bits per heavy atom. The normalized spacial score (nSPS) is 10.7. The number of nitrogens with zero attached hydrogens (tertiary/aromatic N) is 5. The number of amides is 1. The van der Waals surface area contributed by atoms with Gasteiger partial charge in [0.05, 0.1) is 5.69 Å². The first-order valence-corrected chi connectivity index (χ1v) is 8.44. The molecule has 2 N–H and O–H groups in total. The second kappa shape index (κ2) is 7.00. The van der Waals surface area contributed by atoms with Gasteiger partial charge in [0, 0.05) is 41.5 Å². The summed E-state index contributed by atoms with van der Waals surface area (Å²) in [6.07, 6.45) is 4.94. The summed E-state index contributed by atoms with van der Waals surface area (Å²) in [6.45, 7) is 1.43. The summed E-state index contributed by atoms with van der Waals surface area (Å²) in [6, 6.07) is 11.0. The number of halogens is 1. The van der Waals surface area contributed by atoms with Crippen molar-refractivity contribution in [2.24, 2.45) is 0 Å². The topological polar surface area (TPSA) is 101 Å². The Morgan fingerprint density at radius 1 is 1.19 bits per heavy atom. The average Bonchev–Trinajstić information content (AvgIpc) is 3.31. The van der Waals surface area contributed by atoms with E-state index >= 15 is 0 Å². The fourth-order valence-corrected chi connectivity index (χ4v) is 2.92. The number of benzene rings is 1. The molecule has 0 aliphatic heterocycles. The largest absolute Gasteiger partial charge is 0.311 e. The zero-order valence-electron chi connectivity index (χ0n) is 14.2. The molecule has 4 aromatic rings. The van der Waals surface area contributed by atoms with Crippen LogP contribution in [0.4, 0.5) is 5.82 Å². The van der Waals surface area contributed by atoms with Gasteiger partial charge in [-0.1, -0.05) is 29.8 Å². The van der Waals surface area contributed by atoms with E-state index in [1.807, 2.05) is 30.5 Å². The first kappa shape index (κ1) is 16.9. The monoisotopic (exact) mass is 379 g/mol. The molecule has 0 spiro atoms. The van der Waals surface area contributed by atoms with Gasteiger partial charge in [0.15, 0.2) is 0 Å². The molecule has 3 aromatic heterocycles. The molecule has 0 fully saturated rings. The zero-order valence-corrected chi connectivity index (χ0v) is 15.0. The van der Waals surface area contributed by atoms with E-state index in [0.29, 0.717) is 22.4 Å². The molecule has 8 nitrogen and oxygen atoms in total. The Hall–Kier alpha value is -3.52. The number of anilines is 1. The lowest BCUT2D eigenvalue weighted by molar-refractivity contribution is -0.114. The van der Waals surface area contributed by atoms with Crippen molar-refractivity contribution < 1.29 is 4.79 Å². The van der Waals surface area contributed by atoms with Crippen molar-refractivity contribution in [2.45, 2.75) is 6.92 Å². The predicted octanol–water partition coefficient (Wildman–Crippen LogP) is 3.33. The minimum absolute atomic E-state index is 0.196. The van der Waals surface area contributed by atoms with Crippen LogP contribution in [0, 0.1) is 0 Å². The van der Waals surface area contributed by atoms with Crippen LogP contribution in [0.5, 0.6) is 0 Å². The molecule has 1 amide bonds. The van der Waals surface area contributed by atoms with Crippen molar-refractivity contribution in [2.75, 3.05) is 5.32 Å². The van der Waals surface area contributed by atoms with Gasteiger partial charge >= 0.3 is 0 Å². The number of H-pyrrole nitrogens is 1. The van der Waals surface area contributed by atoms with Crippen molar-refractivity contribution in [3.63, 3.8) is 0 Å². The fraction of sp³-hybridized carbons (Fsp3) is 0.0556. The lowest BCUT2D eigenvalue weighted by Gasteiger charge is -2.04. The molecule has 0 radical (unpaired) electrons. The van der Waals surface area contributed by atoms with E-state index in [9.17, 15) is 4.79 Å². The summed E-state index contributed by atoms with van der Waals surface area (Å²) in [5.41, 5.74) is 2.92. The number of hydrogen-bond acceptors (Lipinski definition) is 5. The molecular weight excluding hydrogens is 366 g/mol. The quantitative estimate of drug-likeness (QED) is 0.566. The number of aromatic amines is 1. The standard InChI is InChI=1S/C18H14ClN7O/c1-11(27)23-16-8-12(6-7-20-16)26-9-14(13-4-2-3-5-15(13)19)17(25-26)18-21-10-22-24-18/h2-10H,1H3,(H,20,23,27)(H,21,22,24). The highest BCUT2D eigenvalue weighted by atomic mass is 35.5. The van der Waals surface area contributed by atoms with E-state index in [1.165, 1.54) is 13.3 Å². The number of rotatable bonds is 4. The van der Waals surface area contributed by atoms with E-state index in [-0.39, 0.29) is 5.91 Å². The van der Waals surface area contributed by atoms with Crippen LogP contribution in [-0.2, 0) is 4.79 Å². The van der Waals surface area contributed by atoms with Crippen LogP contribution < -0.4 is 5.32 Å². The third-order valence-electron chi connectivity index (χ3n) is 3.82. The van der Waals surface area contributed by atoms with Crippen LogP contribution >= 0.6 is 11.6 Å². The first-order valence-electron chi connectivity index (χ1n) is 8.06. The fourth-order valence-electron chi connectivity index (χ4n) is 2.68. The molecule has 0 saturated carbocycles. The average molecular weight is 380 g/mol. The van der Waals surface area contributed by atoms with Crippen molar-refractivity contribution in [3.05, 3.63) is 60.1 Å². The molecule has 0 aliphatic carbocycles. The van der Waals surface area contributed by atoms with Gasteiger partial charge in [0.1, 0.15) is 17.8 Å². The maximum absolute atomic E-state index is 11.3. The summed E-state index contributed by atoms with van der Waals surface area (Å²) in [5, 5.41) is 14.7. The van der Waals surface area contributed by atoms with Crippen LogP contribution in [0.1, 0.15) is 6.92 Å². The molecule has 1 aromatic carbocycles. The van der Waals surface area contributed by atoms with Crippen LogP contribution in [0.25, 0.3) is 28.3 Å². The van der Waals surface area contributed by atoms with Gasteiger partial charge in [-0.25, -0.2) is 14.6 Å². The molecule has 0 saturated heterocycles. The molecule has 3 heterocycles. The minimum atomic E-state index is -0.196. The van der Waals surface area contributed by atoms with E-state index in [2.05, 4.69) is 30.6 Å². The highest BCUT2D eigenvalue weighted by molar-refractivity contribution is 6.33. The van der Waals surface area contributed by atoms with Gasteiger partial charge in [-0.3, -0.25) is 9.89 Å². The van der Waals surface area contributed by atoms with Crippen molar-refractivity contribution in [1.82, 2.24) is 29.9 Å². The highest BCUT2D eigenvalue weighted by Gasteiger charge is 2.18. The second-order valence-corrected chi connectivity index (χ2v) is 6.13. The maximum Gasteiger partial charge on any atom is 0.222 e. The molecule has 0 atom stereocenters. The summed E-state index contributed by atoms with van der Waals surface area (Å²) < 4.78 is 1.68. The van der Waals surface area contributed by atoms with E-state index in [4.69, 9.17) is 11.6 Å². The van der Waals surface area contributed by atoms with Gasteiger partial charge in [-0.05, 0) is 12.1 Å². The number of carbonyl (C=O) groups excluding carboxylic acids is 1. The molecule has 4 rings (SSSR count). The van der Waals surface area contributed by atoms with Crippen molar-refractivity contribution in [1.29, 1.82) is 0 Å². The van der Waals surface area contributed by atoms with Gasteiger partial charge in [0.2, 0.25) is 11.7 Å². The predicted molar refractivity (Wildman–Crippen MR) is 101 cm³/mol. The van der Waals surface area contributed by atoms with E-state index < -0.39 is 0 Å². The molecule has 134 valence electrons. The van der Waals surface area contributed by atoms with E-state index in [0.717, 1.165) is 16.8 Å². The Labute approximate surface area is 159 Å². The molecule has 0 bridgehead atoms. The molecule has 27 heavy (non-hydrogen) atoms. The maximum atomic E-state index is 11.3. The van der Waals surface area contributed by atoms with Crippen molar-refractivity contribution >= 4 is 23.3 Å². The number of carbonyl (C=O) groups is 1. The first-order chi connectivity index (χ1) is 13.1. The Balaban J connectivity index is 1.85. The van der Waals surface area contributed by atoms with E-state index in [1.54, 1.807) is 23.0 Å². The smallest absolute Gasteiger partial charge is 0.222 e.